The van der Waals surface area contributed by atoms with E-state index in [1.807, 2.05) is 0 Å². The van der Waals surface area contributed by atoms with E-state index in [0.717, 1.165) is 4.57 Å². The van der Waals surface area contributed by atoms with E-state index in [0.29, 0.717) is 34.5 Å². The second kappa shape index (κ2) is 22.0. The molecule has 0 saturated heterocycles. The molecule has 0 bridgehead atoms. The lowest BCUT2D eigenvalue weighted by Gasteiger charge is -2.21. The fourth-order valence-corrected chi connectivity index (χ4v) is 5.75. The first-order chi connectivity index (χ1) is 29.0. The fraction of sp³-hybridized carbons (Fsp3) is 0.472. The van der Waals surface area contributed by atoms with E-state index in [4.69, 9.17) is 9.47 Å². The van der Waals surface area contributed by atoms with Gasteiger partial charge < -0.3 is 29.0 Å². The number of aromatic nitrogens is 6. The molecule has 0 saturated carbocycles. The number of alkyl halides is 5. The number of carbonyl (C=O) groups is 3. The molecule has 4 aromatic rings. The molecule has 4 rings (SSSR count). The lowest BCUT2D eigenvalue weighted by Crippen LogP contribution is -2.45. The van der Waals surface area contributed by atoms with Gasteiger partial charge in [0, 0.05) is 18.5 Å². The topological polar surface area (TPSA) is 259 Å². The number of aryl methyl sites for hydroxylation is 1. The third-order valence-electron chi connectivity index (χ3n) is 8.73. The number of hydrogen-bond donors (Lipinski definition) is 2. The van der Waals surface area contributed by atoms with Gasteiger partial charge >= 0.3 is 24.0 Å². The Morgan fingerprint density at radius 3 is 2.03 bits per heavy atom. The molecule has 1 amide bonds. The summed E-state index contributed by atoms with van der Waals surface area (Å²) in [6.45, 7) is -0.143. The first kappa shape index (κ1) is 46.9. The molecular weight excluding hydrogens is 829 g/mol. The quantitative estimate of drug-likeness (QED) is 0.0281. The molecule has 25 heteroatoms. The van der Waals surface area contributed by atoms with Gasteiger partial charge in [-0.3, -0.25) is 9.59 Å². The Bertz CT molecular complexity index is 2100. The summed E-state index contributed by atoms with van der Waals surface area (Å²) in [5.41, 5.74) is -0.899. The van der Waals surface area contributed by atoms with Crippen LogP contribution in [-0.4, -0.2) is 96.8 Å². The number of aromatic amines is 1. The number of ether oxygens (including phenoxy) is 2. The normalized spacial score (nSPS) is 12.0. The summed E-state index contributed by atoms with van der Waals surface area (Å²) in [5.74, 6) is -9.77. The molecule has 20 nitrogen and oxygen atoms in total. The highest BCUT2D eigenvalue weighted by Crippen LogP contribution is 2.45. The monoisotopic (exact) mass is 869 g/mol. The van der Waals surface area contributed by atoms with Gasteiger partial charge in [-0.05, 0) is 54.0 Å². The second-order valence-electron chi connectivity index (χ2n) is 13.1. The van der Waals surface area contributed by atoms with Gasteiger partial charge in [0.2, 0.25) is 5.82 Å². The molecule has 2 N–H and O–H groups in total. The molecule has 2 aromatic heterocycles. The summed E-state index contributed by atoms with van der Waals surface area (Å²) < 4.78 is 83.9. The van der Waals surface area contributed by atoms with Crippen molar-refractivity contribution < 1.29 is 65.7 Å². The Labute approximate surface area is 342 Å². The van der Waals surface area contributed by atoms with Gasteiger partial charge in [0.05, 0.1) is 32.8 Å². The number of amides is 1. The highest BCUT2D eigenvalue weighted by atomic mass is 19.4. The van der Waals surface area contributed by atoms with Crippen LogP contribution in [0, 0.1) is 20.2 Å². The van der Waals surface area contributed by atoms with E-state index in [9.17, 15) is 47.8 Å². The van der Waals surface area contributed by atoms with Crippen LogP contribution in [0.15, 0.2) is 48.5 Å². The first-order valence-electron chi connectivity index (χ1n) is 18.7. The predicted octanol–water partition coefficient (Wildman–Crippen LogP) is 5.33. The van der Waals surface area contributed by atoms with Crippen LogP contribution in [0.3, 0.4) is 0 Å². The van der Waals surface area contributed by atoms with Crippen molar-refractivity contribution in [2.24, 2.45) is 0 Å². The van der Waals surface area contributed by atoms with Crippen molar-refractivity contribution in [3.63, 3.8) is 0 Å². The molecular formula is C36H40F5N9O11. The Morgan fingerprint density at radius 2 is 1.46 bits per heavy atom. The lowest BCUT2D eigenvalue weighted by molar-refractivity contribution is -0.757. The minimum Gasteiger partial charge on any atom is -0.466 e. The second-order valence-corrected chi connectivity index (χ2v) is 13.1. The van der Waals surface area contributed by atoms with Crippen molar-refractivity contribution in [1.29, 1.82) is 0 Å². The molecule has 0 fully saturated rings. The van der Waals surface area contributed by atoms with Crippen LogP contribution in [0.25, 0.3) is 22.5 Å². The average Bonchev–Trinajstić information content (AvgIpc) is 3.88. The molecule has 0 aliphatic carbocycles. The molecule has 0 aliphatic heterocycles. The number of esters is 2. The van der Waals surface area contributed by atoms with Crippen LogP contribution in [0.1, 0.15) is 79.4 Å². The maximum Gasteiger partial charge on any atom is 0.459 e. The zero-order valence-corrected chi connectivity index (χ0v) is 32.4. The molecule has 61 heavy (non-hydrogen) atoms. The van der Waals surface area contributed by atoms with Gasteiger partial charge in [0.25, 0.3) is 16.1 Å². The minimum absolute atomic E-state index is 0.00605. The van der Waals surface area contributed by atoms with Crippen molar-refractivity contribution >= 4 is 17.8 Å². The van der Waals surface area contributed by atoms with Gasteiger partial charge in [-0.15, -0.1) is 30.4 Å². The van der Waals surface area contributed by atoms with Gasteiger partial charge in [-0.1, -0.05) is 61.9 Å². The number of rotatable bonds is 25. The zero-order chi connectivity index (χ0) is 44.6. The predicted molar refractivity (Wildman–Crippen MR) is 197 cm³/mol. The maximum atomic E-state index is 15.4. The van der Waals surface area contributed by atoms with Gasteiger partial charge in [0.15, 0.2) is 5.69 Å². The Kier molecular flexibility index (Phi) is 16.9. The first-order valence-corrected chi connectivity index (χ1v) is 18.7. The van der Waals surface area contributed by atoms with Gasteiger partial charge in [-0.2, -0.15) is 27.2 Å². The number of tetrazole rings is 1. The van der Waals surface area contributed by atoms with Crippen LogP contribution in [0.4, 0.5) is 22.0 Å². The zero-order valence-electron chi connectivity index (χ0n) is 32.4. The largest absolute Gasteiger partial charge is 0.466 e. The number of benzene rings is 2. The van der Waals surface area contributed by atoms with E-state index >= 15 is 8.78 Å². The standard InChI is InChI=1S/C36H40F5N9O11/c1-2-3-12-28-43-31(35(37,38)36(39,40)41)30(48(28)22-23-13-15-24(16-14-23)25-10-4-5-11-26(25)32-44-46-47-45-32)33(52)42-27(34(53)59-18-7-9-20-61-50(56)57)21-29(51)58-17-6-8-19-60-49(54)55/h4-5,10-11,13-16,27H,2-3,6-9,12,17-22H2,1H3,(H,42,52)(H,44,45,46,47). The van der Waals surface area contributed by atoms with E-state index < -0.39 is 77.1 Å². The van der Waals surface area contributed by atoms with Crippen molar-refractivity contribution in [2.45, 2.75) is 83.0 Å². The number of H-pyrrole nitrogens is 1. The highest BCUT2D eigenvalue weighted by Gasteiger charge is 2.62. The van der Waals surface area contributed by atoms with Crippen LogP contribution in [0.2, 0.25) is 0 Å². The van der Waals surface area contributed by atoms with Gasteiger partial charge in [-0.25, -0.2) is 9.78 Å². The van der Waals surface area contributed by atoms with E-state index in [1.165, 1.54) is 0 Å². The van der Waals surface area contributed by atoms with Crippen LogP contribution in [-0.2, 0) is 47.6 Å². The van der Waals surface area contributed by atoms with Crippen molar-refractivity contribution in [2.75, 3.05) is 26.4 Å². The smallest absolute Gasteiger partial charge is 0.459 e. The molecule has 1 atom stereocenters. The number of imidazole rings is 1. The number of halogens is 5. The lowest BCUT2D eigenvalue weighted by atomic mass is 9.98. The summed E-state index contributed by atoms with van der Waals surface area (Å²) in [6.07, 6.45) is -6.45. The molecule has 2 heterocycles. The SMILES string of the molecule is CCCCc1nc(C(F)(F)C(F)(F)F)c(C(=O)NC(CC(=O)OCCCCO[N+](=O)[O-])C(=O)OCCCCO[N+](=O)[O-])n1Cc1ccc(-c2ccccc2-c2nn[nH]n2)cc1. The summed E-state index contributed by atoms with van der Waals surface area (Å²) in [5, 5.41) is 34.7. The summed E-state index contributed by atoms with van der Waals surface area (Å²) in [7, 11) is 0. The van der Waals surface area contributed by atoms with E-state index in [1.54, 1.807) is 55.5 Å². The third-order valence-corrected chi connectivity index (χ3v) is 8.73. The number of nitrogens with zero attached hydrogens (tertiary/aromatic N) is 7. The van der Waals surface area contributed by atoms with Crippen molar-refractivity contribution in [1.82, 2.24) is 35.5 Å². The number of hydrogen-bond acceptors (Lipinski definition) is 15. The number of carbonyl (C=O) groups excluding carboxylic acids is 3. The summed E-state index contributed by atoms with van der Waals surface area (Å²) >= 11 is 0. The van der Waals surface area contributed by atoms with E-state index in [-0.39, 0.29) is 64.2 Å². The molecule has 2 aromatic carbocycles. The van der Waals surface area contributed by atoms with E-state index in [2.05, 4.69) is 40.6 Å². The molecule has 1 unspecified atom stereocenters. The van der Waals surface area contributed by atoms with Gasteiger partial charge in [0.1, 0.15) is 17.6 Å². The Morgan fingerprint density at radius 1 is 0.852 bits per heavy atom. The molecule has 330 valence electrons. The molecule has 0 spiro atoms. The van der Waals surface area contributed by atoms with Crippen molar-refractivity contribution in [3.05, 3.63) is 91.5 Å². The third kappa shape index (κ3) is 13.3. The number of nitrogens with one attached hydrogen (secondary N) is 2. The highest BCUT2D eigenvalue weighted by molar-refractivity contribution is 5.97. The molecule has 0 aliphatic rings. The summed E-state index contributed by atoms with van der Waals surface area (Å²) in [4.78, 5) is 72.9. The Hall–Kier alpha value is -6.82. The van der Waals surface area contributed by atoms with Crippen LogP contribution >= 0.6 is 0 Å². The average molecular weight is 870 g/mol. The summed E-state index contributed by atoms with van der Waals surface area (Å²) in [6, 6.07) is 11.5. The van der Waals surface area contributed by atoms with Crippen molar-refractivity contribution in [3.8, 4) is 22.5 Å². The van der Waals surface area contributed by atoms with Crippen LogP contribution in [0.5, 0.6) is 0 Å². The Balaban J connectivity index is 1.68. The fourth-order valence-electron chi connectivity index (χ4n) is 5.75. The molecule has 0 radical (unpaired) electrons. The number of unbranched alkanes of at least 4 members (excludes halogenated alkanes) is 3. The minimum atomic E-state index is -6.22. The van der Waals surface area contributed by atoms with Crippen LogP contribution < -0.4 is 5.32 Å². The maximum absolute atomic E-state index is 15.4.